The molecule has 3 atom stereocenters. The SMILES string of the molecule is CC1CCC(C(O)Cc2cc(Br)cs2)C1. The van der Waals surface area contributed by atoms with E-state index in [1.54, 1.807) is 11.3 Å². The number of thiophene rings is 1. The molecular formula is C12H17BrOS. The van der Waals surface area contributed by atoms with E-state index in [4.69, 9.17) is 0 Å². The van der Waals surface area contributed by atoms with E-state index in [0.717, 1.165) is 16.8 Å². The molecule has 84 valence electrons. The van der Waals surface area contributed by atoms with Crippen molar-refractivity contribution in [2.45, 2.75) is 38.7 Å². The van der Waals surface area contributed by atoms with Gasteiger partial charge in [0, 0.05) is 21.2 Å². The van der Waals surface area contributed by atoms with Gasteiger partial charge in [-0.15, -0.1) is 11.3 Å². The number of aliphatic hydroxyl groups excluding tert-OH is 1. The van der Waals surface area contributed by atoms with E-state index in [2.05, 4.69) is 34.3 Å². The minimum atomic E-state index is -0.138. The van der Waals surface area contributed by atoms with Crippen LogP contribution in [0.2, 0.25) is 0 Å². The fourth-order valence-corrected chi connectivity index (χ4v) is 3.94. The van der Waals surface area contributed by atoms with Gasteiger partial charge in [0.1, 0.15) is 0 Å². The molecule has 0 aromatic carbocycles. The van der Waals surface area contributed by atoms with Crippen LogP contribution in [0.3, 0.4) is 0 Å². The van der Waals surface area contributed by atoms with Gasteiger partial charge in [-0.1, -0.05) is 13.3 Å². The Morgan fingerprint density at radius 2 is 2.40 bits per heavy atom. The first kappa shape index (κ1) is 11.6. The van der Waals surface area contributed by atoms with Crippen LogP contribution in [0.15, 0.2) is 15.9 Å². The molecule has 1 nitrogen and oxygen atoms in total. The first-order chi connectivity index (χ1) is 7.15. The largest absolute Gasteiger partial charge is 0.392 e. The van der Waals surface area contributed by atoms with Gasteiger partial charge in [0.2, 0.25) is 0 Å². The van der Waals surface area contributed by atoms with Crippen molar-refractivity contribution in [1.29, 1.82) is 0 Å². The molecule has 0 amide bonds. The standard InChI is InChI=1S/C12H17BrOS/c1-8-2-3-9(4-8)12(14)6-11-5-10(13)7-15-11/h5,7-9,12,14H,2-4,6H2,1H3. The summed E-state index contributed by atoms with van der Waals surface area (Å²) < 4.78 is 1.13. The Balaban J connectivity index is 1.89. The molecule has 15 heavy (non-hydrogen) atoms. The number of rotatable bonds is 3. The Morgan fingerprint density at radius 3 is 2.93 bits per heavy atom. The minimum absolute atomic E-state index is 0.138. The highest BCUT2D eigenvalue weighted by atomic mass is 79.9. The normalized spacial score (nSPS) is 28.2. The van der Waals surface area contributed by atoms with Gasteiger partial charge in [0.25, 0.3) is 0 Å². The molecule has 1 saturated carbocycles. The van der Waals surface area contributed by atoms with Gasteiger partial charge in [-0.3, -0.25) is 0 Å². The summed E-state index contributed by atoms with van der Waals surface area (Å²) in [5.41, 5.74) is 0. The van der Waals surface area contributed by atoms with Crippen molar-refractivity contribution in [2.24, 2.45) is 11.8 Å². The zero-order chi connectivity index (χ0) is 10.8. The van der Waals surface area contributed by atoms with Crippen molar-refractivity contribution in [3.63, 3.8) is 0 Å². The van der Waals surface area contributed by atoms with Crippen LogP contribution in [-0.2, 0) is 6.42 Å². The van der Waals surface area contributed by atoms with Crippen LogP contribution in [0.4, 0.5) is 0 Å². The Bertz CT molecular complexity index is 323. The van der Waals surface area contributed by atoms with Gasteiger partial charge in [-0.2, -0.15) is 0 Å². The van der Waals surface area contributed by atoms with Gasteiger partial charge in [0.05, 0.1) is 6.10 Å². The zero-order valence-corrected chi connectivity index (χ0v) is 11.4. The van der Waals surface area contributed by atoms with Crippen molar-refractivity contribution >= 4 is 27.3 Å². The fraction of sp³-hybridized carbons (Fsp3) is 0.667. The first-order valence-corrected chi connectivity index (χ1v) is 7.23. The topological polar surface area (TPSA) is 20.2 Å². The van der Waals surface area contributed by atoms with Crippen LogP contribution in [0.25, 0.3) is 0 Å². The smallest absolute Gasteiger partial charge is 0.0616 e. The number of aliphatic hydroxyl groups is 1. The second-order valence-corrected chi connectivity index (χ2v) is 6.59. The summed E-state index contributed by atoms with van der Waals surface area (Å²) in [6, 6.07) is 2.12. The number of halogens is 1. The first-order valence-electron chi connectivity index (χ1n) is 5.56. The molecule has 2 rings (SSSR count). The predicted octanol–water partition coefficient (Wildman–Crippen LogP) is 3.85. The third-order valence-electron chi connectivity index (χ3n) is 3.31. The van der Waals surface area contributed by atoms with Crippen LogP contribution in [0.5, 0.6) is 0 Å². The molecule has 3 heteroatoms. The molecule has 0 spiro atoms. The maximum atomic E-state index is 10.1. The van der Waals surface area contributed by atoms with E-state index in [1.807, 2.05) is 0 Å². The second kappa shape index (κ2) is 4.98. The van der Waals surface area contributed by atoms with E-state index in [0.29, 0.717) is 5.92 Å². The van der Waals surface area contributed by atoms with Gasteiger partial charge >= 0.3 is 0 Å². The molecule has 1 aromatic heterocycles. The highest BCUT2D eigenvalue weighted by Crippen LogP contribution is 2.34. The number of hydrogen-bond donors (Lipinski definition) is 1. The van der Waals surface area contributed by atoms with Crippen LogP contribution in [-0.4, -0.2) is 11.2 Å². The summed E-state index contributed by atoms with van der Waals surface area (Å²) in [7, 11) is 0. The van der Waals surface area contributed by atoms with E-state index in [-0.39, 0.29) is 6.10 Å². The van der Waals surface area contributed by atoms with E-state index in [9.17, 15) is 5.11 Å². The summed E-state index contributed by atoms with van der Waals surface area (Å²) >= 11 is 5.17. The maximum Gasteiger partial charge on any atom is 0.0616 e. The Morgan fingerprint density at radius 1 is 1.60 bits per heavy atom. The average Bonchev–Trinajstić information content (AvgIpc) is 2.75. The lowest BCUT2D eigenvalue weighted by Gasteiger charge is -2.16. The lowest BCUT2D eigenvalue weighted by Crippen LogP contribution is -2.20. The van der Waals surface area contributed by atoms with Crippen molar-refractivity contribution in [1.82, 2.24) is 0 Å². The van der Waals surface area contributed by atoms with Crippen LogP contribution in [0, 0.1) is 11.8 Å². The lowest BCUT2D eigenvalue weighted by atomic mass is 9.96. The third-order valence-corrected chi connectivity index (χ3v) is 5.03. The molecule has 0 radical (unpaired) electrons. The molecular weight excluding hydrogens is 272 g/mol. The summed E-state index contributed by atoms with van der Waals surface area (Å²) in [5.74, 6) is 1.33. The van der Waals surface area contributed by atoms with Gasteiger partial charge in [-0.25, -0.2) is 0 Å². The van der Waals surface area contributed by atoms with Crippen molar-refractivity contribution < 1.29 is 5.11 Å². The molecule has 1 N–H and O–H groups in total. The van der Waals surface area contributed by atoms with E-state index in [1.165, 1.54) is 24.1 Å². The summed E-state index contributed by atoms with van der Waals surface area (Å²) in [6.45, 7) is 2.29. The zero-order valence-electron chi connectivity index (χ0n) is 8.95. The molecule has 1 aliphatic rings. The molecule has 1 aromatic rings. The lowest BCUT2D eigenvalue weighted by molar-refractivity contribution is 0.110. The molecule has 1 aliphatic carbocycles. The van der Waals surface area contributed by atoms with E-state index >= 15 is 0 Å². The monoisotopic (exact) mass is 288 g/mol. The molecule has 3 unspecified atom stereocenters. The quantitative estimate of drug-likeness (QED) is 0.896. The van der Waals surface area contributed by atoms with Crippen LogP contribution >= 0.6 is 27.3 Å². The minimum Gasteiger partial charge on any atom is -0.392 e. The summed E-state index contributed by atoms with van der Waals surface area (Å²) in [5, 5.41) is 12.2. The molecule has 0 bridgehead atoms. The Kier molecular flexibility index (Phi) is 3.86. The summed E-state index contributed by atoms with van der Waals surface area (Å²) in [4.78, 5) is 1.29. The molecule has 0 saturated heterocycles. The number of hydrogen-bond acceptors (Lipinski definition) is 2. The summed E-state index contributed by atoms with van der Waals surface area (Å²) in [6.07, 6.45) is 4.38. The maximum absolute atomic E-state index is 10.1. The van der Waals surface area contributed by atoms with Crippen LogP contribution < -0.4 is 0 Å². The average molecular weight is 289 g/mol. The van der Waals surface area contributed by atoms with E-state index < -0.39 is 0 Å². The highest BCUT2D eigenvalue weighted by molar-refractivity contribution is 9.10. The Labute approximate surface area is 104 Å². The third kappa shape index (κ3) is 3.05. The van der Waals surface area contributed by atoms with Gasteiger partial charge in [0.15, 0.2) is 0 Å². The predicted molar refractivity (Wildman–Crippen MR) is 68.2 cm³/mol. The van der Waals surface area contributed by atoms with Crippen molar-refractivity contribution in [3.05, 3.63) is 20.8 Å². The Hall–Kier alpha value is 0.140. The van der Waals surface area contributed by atoms with Crippen LogP contribution in [0.1, 0.15) is 31.1 Å². The molecule has 0 aliphatic heterocycles. The second-order valence-electron chi connectivity index (χ2n) is 4.68. The molecule has 1 heterocycles. The molecule has 1 fully saturated rings. The highest BCUT2D eigenvalue weighted by Gasteiger charge is 2.27. The fourth-order valence-electron chi connectivity index (χ4n) is 2.43. The van der Waals surface area contributed by atoms with Gasteiger partial charge in [-0.05, 0) is 46.7 Å². The van der Waals surface area contributed by atoms with Crippen molar-refractivity contribution in [3.8, 4) is 0 Å². The van der Waals surface area contributed by atoms with Crippen molar-refractivity contribution in [2.75, 3.05) is 0 Å². The van der Waals surface area contributed by atoms with Gasteiger partial charge < -0.3 is 5.11 Å².